The first-order valence-electron chi connectivity index (χ1n) is 9.61. The molecule has 0 radical (unpaired) electrons. The first kappa shape index (κ1) is 21.1. The summed E-state index contributed by atoms with van der Waals surface area (Å²) in [5.74, 6) is 0.111. The van der Waals surface area contributed by atoms with E-state index in [1.165, 1.54) is 6.07 Å². The fourth-order valence-corrected chi connectivity index (χ4v) is 3.34. The van der Waals surface area contributed by atoms with Crippen LogP contribution in [0.15, 0.2) is 36.4 Å². The van der Waals surface area contributed by atoms with Crippen molar-refractivity contribution in [2.75, 3.05) is 25.5 Å². The number of hydrogen-bond donors (Lipinski definition) is 1. The molecule has 9 heteroatoms. The highest BCUT2D eigenvalue weighted by Crippen LogP contribution is 2.38. The Kier molecular flexibility index (Phi) is 6.51. The topological polar surface area (TPSA) is 111 Å². The normalized spacial score (nSPS) is 12.9. The number of para-hydroxylation sites is 1. The Bertz CT molecular complexity index is 975. The highest BCUT2D eigenvalue weighted by Gasteiger charge is 2.25. The summed E-state index contributed by atoms with van der Waals surface area (Å²) < 4.78 is 10.7. The number of esters is 1. The molecule has 3 rings (SSSR count). The van der Waals surface area contributed by atoms with E-state index < -0.39 is 4.92 Å². The maximum Gasteiger partial charge on any atom is 0.334 e. The third-order valence-electron chi connectivity index (χ3n) is 4.80. The molecule has 0 saturated carbocycles. The maximum absolute atomic E-state index is 12.5. The van der Waals surface area contributed by atoms with E-state index in [9.17, 15) is 19.7 Å². The monoisotopic (exact) mass is 413 g/mol. The number of benzene rings is 2. The van der Waals surface area contributed by atoms with Crippen molar-refractivity contribution in [2.24, 2.45) is 0 Å². The molecule has 0 spiro atoms. The lowest BCUT2D eigenvalue weighted by atomic mass is 9.98. The van der Waals surface area contributed by atoms with Gasteiger partial charge in [-0.2, -0.15) is 0 Å². The summed E-state index contributed by atoms with van der Waals surface area (Å²) in [5, 5.41) is 14.2. The van der Waals surface area contributed by atoms with Crippen LogP contribution in [0.4, 0.5) is 11.4 Å². The average Bonchev–Trinajstić information content (AvgIpc) is 2.72. The van der Waals surface area contributed by atoms with E-state index in [-0.39, 0.29) is 36.2 Å². The Morgan fingerprint density at radius 3 is 2.77 bits per heavy atom. The van der Waals surface area contributed by atoms with E-state index in [0.29, 0.717) is 31.1 Å². The molecule has 1 heterocycles. The first-order valence-corrected chi connectivity index (χ1v) is 9.61. The first-order chi connectivity index (χ1) is 14.4. The quantitative estimate of drug-likeness (QED) is 0.402. The lowest BCUT2D eigenvalue weighted by molar-refractivity contribution is -0.384. The van der Waals surface area contributed by atoms with Crippen LogP contribution in [-0.4, -0.2) is 41.9 Å². The number of ether oxygens (including phenoxy) is 2. The minimum Gasteiger partial charge on any atom is -0.466 e. The smallest absolute Gasteiger partial charge is 0.334 e. The van der Waals surface area contributed by atoms with Crippen LogP contribution in [0.3, 0.4) is 0 Å². The number of fused-ring (bicyclic) bond motifs is 1. The SMILES string of the molecule is CCOC(=O)CCN1Cc2ccc(Oc3cccc(NC)c3[N+](=O)[O-])cc2CC1=O. The number of nitro groups is 1. The summed E-state index contributed by atoms with van der Waals surface area (Å²) in [4.78, 5) is 36.6. The third-order valence-corrected chi connectivity index (χ3v) is 4.80. The second-order valence-corrected chi connectivity index (χ2v) is 6.74. The second kappa shape index (κ2) is 9.25. The van der Waals surface area contributed by atoms with Gasteiger partial charge in [0.25, 0.3) is 0 Å². The molecule has 0 bridgehead atoms. The Labute approximate surface area is 173 Å². The lowest BCUT2D eigenvalue weighted by Crippen LogP contribution is -2.37. The summed E-state index contributed by atoms with van der Waals surface area (Å²) in [5.41, 5.74) is 1.95. The van der Waals surface area contributed by atoms with Crippen molar-refractivity contribution in [3.05, 3.63) is 57.6 Å². The summed E-state index contributed by atoms with van der Waals surface area (Å²) in [6.45, 7) is 2.75. The molecule has 2 aromatic rings. The zero-order valence-electron chi connectivity index (χ0n) is 16.8. The van der Waals surface area contributed by atoms with E-state index in [1.807, 2.05) is 6.07 Å². The van der Waals surface area contributed by atoms with Crippen molar-refractivity contribution >= 4 is 23.3 Å². The molecule has 9 nitrogen and oxygen atoms in total. The fourth-order valence-electron chi connectivity index (χ4n) is 3.34. The van der Waals surface area contributed by atoms with Crippen molar-refractivity contribution < 1.29 is 24.0 Å². The van der Waals surface area contributed by atoms with Gasteiger partial charge in [-0.1, -0.05) is 12.1 Å². The number of carbonyl (C=O) groups excluding carboxylic acids is 2. The van der Waals surface area contributed by atoms with Gasteiger partial charge in [-0.05, 0) is 42.3 Å². The maximum atomic E-state index is 12.5. The number of nitro benzene ring substituents is 1. The highest BCUT2D eigenvalue weighted by molar-refractivity contribution is 5.81. The van der Waals surface area contributed by atoms with Gasteiger partial charge in [0.2, 0.25) is 11.7 Å². The van der Waals surface area contributed by atoms with Crippen molar-refractivity contribution in [2.45, 2.75) is 26.3 Å². The van der Waals surface area contributed by atoms with Crippen molar-refractivity contribution in [3.8, 4) is 11.5 Å². The Hall–Kier alpha value is -3.62. The van der Waals surface area contributed by atoms with Gasteiger partial charge >= 0.3 is 11.7 Å². The van der Waals surface area contributed by atoms with Crippen LogP contribution >= 0.6 is 0 Å². The Balaban J connectivity index is 1.76. The molecule has 0 aromatic heterocycles. The molecule has 0 atom stereocenters. The van der Waals surface area contributed by atoms with Crippen LogP contribution in [0.1, 0.15) is 24.5 Å². The second-order valence-electron chi connectivity index (χ2n) is 6.74. The van der Waals surface area contributed by atoms with Gasteiger partial charge in [-0.15, -0.1) is 0 Å². The summed E-state index contributed by atoms with van der Waals surface area (Å²) >= 11 is 0. The molecule has 1 aliphatic heterocycles. The number of carbonyl (C=O) groups is 2. The Morgan fingerprint density at radius 1 is 1.27 bits per heavy atom. The number of anilines is 1. The summed E-state index contributed by atoms with van der Waals surface area (Å²) in [6, 6.07) is 10.1. The van der Waals surface area contributed by atoms with Gasteiger partial charge in [0.05, 0.1) is 24.4 Å². The highest BCUT2D eigenvalue weighted by atomic mass is 16.6. The third kappa shape index (κ3) is 4.68. The van der Waals surface area contributed by atoms with Crippen LogP contribution in [-0.2, 0) is 27.3 Å². The molecule has 1 N–H and O–H groups in total. The molecule has 158 valence electrons. The molecule has 2 aromatic carbocycles. The van der Waals surface area contributed by atoms with E-state index in [4.69, 9.17) is 9.47 Å². The largest absolute Gasteiger partial charge is 0.466 e. The van der Waals surface area contributed by atoms with Crippen molar-refractivity contribution in [1.29, 1.82) is 0 Å². The molecule has 0 fully saturated rings. The van der Waals surface area contributed by atoms with Crippen LogP contribution in [0, 0.1) is 10.1 Å². The molecule has 0 saturated heterocycles. The van der Waals surface area contributed by atoms with Gasteiger partial charge in [0.15, 0.2) is 0 Å². The fraction of sp³-hybridized carbons (Fsp3) is 0.333. The number of nitrogens with one attached hydrogen (secondary N) is 1. The van der Waals surface area contributed by atoms with Gasteiger partial charge < -0.3 is 19.7 Å². The molecular formula is C21H23N3O6. The van der Waals surface area contributed by atoms with E-state index in [1.54, 1.807) is 43.1 Å². The zero-order valence-corrected chi connectivity index (χ0v) is 16.8. The molecule has 0 aliphatic carbocycles. The standard InChI is InChI=1S/C21H23N3O6/c1-3-29-20(26)9-10-23-13-14-7-8-16(11-15(14)12-19(23)25)30-18-6-4-5-17(22-2)21(18)24(27)28/h4-8,11,22H,3,9-10,12-13H2,1-2H3. The number of rotatable bonds is 8. The van der Waals surface area contributed by atoms with Crippen LogP contribution < -0.4 is 10.1 Å². The molecule has 1 aliphatic rings. The van der Waals surface area contributed by atoms with Crippen molar-refractivity contribution in [3.63, 3.8) is 0 Å². The zero-order chi connectivity index (χ0) is 21.7. The van der Waals surface area contributed by atoms with Gasteiger partial charge in [0, 0.05) is 20.1 Å². The molecule has 1 amide bonds. The molecular weight excluding hydrogens is 390 g/mol. The number of amides is 1. The van der Waals surface area contributed by atoms with Gasteiger partial charge in [0.1, 0.15) is 11.4 Å². The van der Waals surface area contributed by atoms with E-state index in [2.05, 4.69) is 5.32 Å². The number of hydrogen-bond acceptors (Lipinski definition) is 7. The predicted octanol–water partition coefficient (Wildman–Crippen LogP) is 3.27. The summed E-state index contributed by atoms with van der Waals surface area (Å²) in [6.07, 6.45) is 0.329. The van der Waals surface area contributed by atoms with Crippen LogP contribution in [0.2, 0.25) is 0 Å². The van der Waals surface area contributed by atoms with Crippen LogP contribution in [0.5, 0.6) is 11.5 Å². The lowest BCUT2D eigenvalue weighted by Gasteiger charge is -2.28. The minimum absolute atomic E-state index is 0.0906. The predicted molar refractivity (Wildman–Crippen MR) is 110 cm³/mol. The summed E-state index contributed by atoms with van der Waals surface area (Å²) in [7, 11) is 1.60. The number of nitrogens with zero attached hydrogens (tertiary/aromatic N) is 2. The minimum atomic E-state index is -0.496. The van der Waals surface area contributed by atoms with Crippen LogP contribution in [0.25, 0.3) is 0 Å². The van der Waals surface area contributed by atoms with Gasteiger partial charge in [-0.25, -0.2) is 0 Å². The molecule has 0 unspecified atom stereocenters. The van der Waals surface area contributed by atoms with Gasteiger partial charge in [-0.3, -0.25) is 19.7 Å². The van der Waals surface area contributed by atoms with E-state index >= 15 is 0 Å². The van der Waals surface area contributed by atoms with Crippen molar-refractivity contribution in [1.82, 2.24) is 4.90 Å². The van der Waals surface area contributed by atoms with E-state index in [0.717, 1.165) is 11.1 Å². The Morgan fingerprint density at radius 2 is 2.07 bits per heavy atom. The molecule has 30 heavy (non-hydrogen) atoms. The average molecular weight is 413 g/mol.